The van der Waals surface area contributed by atoms with Gasteiger partial charge in [0.25, 0.3) is 0 Å². The lowest BCUT2D eigenvalue weighted by atomic mass is 9.90. The molecular formula is C16H15FO. The van der Waals surface area contributed by atoms with Crippen molar-refractivity contribution in [1.29, 1.82) is 0 Å². The van der Waals surface area contributed by atoms with Gasteiger partial charge in [-0.2, -0.15) is 0 Å². The molecule has 2 aromatic rings. The second kappa shape index (κ2) is 4.21. The van der Waals surface area contributed by atoms with Gasteiger partial charge in [0.1, 0.15) is 17.5 Å². The van der Waals surface area contributed by atoms with Crippen LogP contribution >= 0.6 is 0 Å². The summed E-state index contributed by atoms with van der Waals surface area (Å²) in [4.78, 5) is 0. The third kappa shape index (κ3) is 1.73. The van der Waals surface area contributed by atoms with Crippen LogP contribution in [-0.4, -0.2) is 0 Å². The van der Waals surface area contributed by atoms with Gasteiger partial charge in [-0.25, -0.2) is 4.39 Å². The Morgan fingerprint density at radius 1 is 1.06 bits per heavy atom. The van der Waals surface area contributed by atoms with Crippen molar-refractivity contribution in [3.63, 3.8) is 0 Å². The molecule has 3 rings (SSSR count). The summed E-state index contributed by atoms with van der Waals surface area (Å²) in [6.07, 6.45) is 0.962. The second-order valence-electron chi connectivity index (χ2n) is 4.66. The first-order valence-electron chi connectivity index (χ1n) is 6.25. The second-order valence-corrected chi connectivity index (χ2v) is 4.66. The standard InChI is InChI=1S/C16H15FO/c1-2-16(13-6-4-3-5-7-13)15(18-16)12-8-10-14(17)11-9-12/h3-11,15H,2H2,1H3/t15-,16+/m0/s1. The maximum Gasteiger partial charge on any atom is 0.124 e. The summed E-state index contributed by atoms with van der Waals surface area (Å²) >= 11 is 0. The molecule has 0 aliphatic carbocycles. The van der Waals surface area contributed by atoms with Gasteiger partial charge in [0, 0.05) is 0 Å². The molecule has 0 aromatic heterocycles. The van der Waals surface area contributed by atoms with Crippen LogP contribution in [-0.2, 0) is 10.3 Å². The Balaban J connectivity index is 1.92. The summed E-state index contributed by atoms with van der Waals surface area (Å²) in [6.45, 7) is 2.12. The Labute approximate surface area is 106 Å². The SMILES string of the molecule is CC[C@]1(c2ccccc2)O[C@H]1c1ccc(F)cc1. The van der Waals surface area contributed by atoms with E-state index in [4.69, 9.17) is 4.74 Å². The number of benzene rings is 2. The van der Waals surface area contributed by atoms with E-state index in [0.29, 0.717) is 0 Å². The minimum absolute atomic E-state index is 0.0468. The molecule has 0 saturated carbocycles. The smallest absolute Gasteiger partial charge is 0.124 e. The van der Waals surface area contributed by atoms with Crippen LogP contribution in [0, 0.1) is 5.82 Å². The van der Waals surface area contributed by atoms with Crippen LogP contribution < -0.4 is 0 Å². The predicted octanol–water partition coefficient (Wildman–Crippen LogP) is 4.20. The zero-order chi connectivity index (χ0) is 12.6. The van der Waals surface area contributed by atoms with Crippen molar-refractivity contribution < 1.29 is 9.13 Å². The molecule has 1 aliphatic heterocycles. The topological polar surface area (TPSA) is 12.5 Å². The van der Waals surface area contributed by atoms with Crippen LogP contribution in [0.2, 0.25) is 0 Å². The van der Waals surface area contributed by atoms with E-state index < -0.39 is 0 Å². The van der Waals surface area contributed by atoms with Gasteiger partial charge in [-0.05, 0) is 29.7 Å². The molecular weight excluding hydrogens is 227 g/mol. The van der Waals surface area contributed by atoms with Gasteiger partial charge in [0.2, 0.25) is 0 Å². The highest BCUT2D eigenvalue weighted by atomic mass is 19.1. The summed E-state index contributed by atoms with van der Waals surface area (Å²) in [5, 5.41) is 0. The minimum Gasteiger partial charge on any atom is -0.356 e. The van der Waals surface area contributed by atoms with Crippen LogP contribution in [0.1, 0.15) is 30.6 Å². The molecule has 0 bridgehead atoms. The highest BCUT2D eigenvalue weighted by Crippen LogP contribution is 2.58. The maximum absolute atomic E-state index is 12.9. The van der Waals surface area contributed by atoms with E-state index in [1.807, 2.05) is 18.2 Å². The largest absolute Gasteiger partial charge is 0.356 e. The van der Waals surface area contributed by atoms with Crippen LogP contribution in [0.4, 0.5) is 4.39 Å². The molecule has 0 radical (unpaired) electrons. The summed E-state index contributed by atoms with van der Waals surface area (Å²) in [6, 6.07) is 16.8. The van der Waals surface area contributed by atoms with Crippen molar-refractivity contribution in [2.24, 2.45) is 0 Å². The Bertz CT molecular complexity index is 535. The van der Waals surface area contributed by atoms with Crippen molar-refractivity contribution in [1.82, 2.24) is 0 Å². The number of hydrogen-bond donors (Lipinski definition) is 0. The van der Waals surface area contributed by atoms with E-state index in [0.717, 1.165) is 12.0 Å². The number of rotatable bonds is 3. The number of ether oxygens (including phenoxy) is 1. The van der Waals surface area contributed by atoms with E-state index in [1.165, 1.54) is 17.7 Å². The van der Waals surface area contributed by atoms with Crippen molar-refractivity contribution in [3.8, 4) is 0 Å². The highest BCUT2D eigenvalue weighted by molar-refractivity contribution is 5.35. The zero-order valence-electron chi connectivity index (χ0n) is 10.3. The molecule has 1 nitrogen and oxygen atoms in total. The number of halogens is 1. The van der Waals surface area contributed by atoms with Crippen molar-refractivity contribution in [2.45, 2.75) is 25.0 Å². The maximum atomic E-state index is 12.9. The minimum atomic E-state index is -0.223. The molecule has 18 heavy (non-hydrogen) atoms. The first kappa shape index (κ1) is 11.4. The molecule has 1 saturated heterocycles. The van der Waals surface area contributed by atoms with Crippen LogP contribution in [0.15, 0.2) is 54.6 Å². The van der Waals surface area contributed by atoms with Gasteiger partial charge in [0.15, 0.2) is 0 Å². The fraction of sp³-hybridized carbons (Fsp3) is 0.250. The molecule has 2 aromatic carbocycles. The normalized spacial score (nSPS) is 26.0. The molecule has 1 heterocycles. The first-order valence-corrected chi connectivity index (χ1v) is 6.25. The Kier molecular flexibility index (Phi) is 2.67. The summed E-state index contributed by atoms with van der Waals surface area (Å²) in [7, 11) is 0. The van der Waals surface area contributed by atoms with Crippen molar-refractivity contribution in [2.75, 3.05) is 0 Å². The molecule has 2 atom stereocenters. The zero-order valence-corrected chi connectivity index (χ0v) is 10.3. The summed E-state index contributed by atoms with van der Waals surface area (Å²) in [5.41, 5.74) is 2.02. The van der Waals surface area contributed by atoms with Crippen molar-refractivity contribution >= 4 is 0 Å². The number of epoxide rings is 1. The van der Waals surface area contributed by atoms with Crippen LogP contribution in [0.25, 0.3) is 0 Å². The molecule has 0 spiro atoms. The molecule has 1 fully saturated rings. The molecule has 0 amide bonds. The molecule has 0 N–H and O–H groups in total. The fourth-order valence-corrected chi connectivity index (χ4v) is 2.56. The third-order valence-electron chi connectivity index (χ3n) is 3.65. The Hall–Kier alpha value is -1.67. The Morgan fingerprint density at radius 3 is 2.33 bits per heavy atom. The number of hydrogen-bond acceptors (Lipinski definition) is 1. The third-order valence-corrected chi connectivity index (χ3v) is 3.65. The van der Waals surface area contributed by atoms with E-state index in [9.17, 15) is 4.39 Å². The lowest BCUT2D eigenvalue weighted by Gasteiger charge is -2.10. The van der Waals surface area contributed by atoms with Crippen LogP contribution in [0.3, 0.4) is 0 Å². The molecule has 92 valence electrons. The highest BCUT2D eigenvalue weighted by Gasteiger charge is 2.56. The fourth-order valence-electron chi connectivity index (χ4n) is 2.56. The van der Waals surface area contributed by atoms with Gasteiger partial charge < -0.3 is 4.74 Å². The quantitative estimate of drug-likeness (QED) is 0.735. The van der Waals surface area contributed by atoms with Gasteiger partial charge in [-0.1, -0.05) is 49.4 Å². The van der Waals surface area contributed by atoms with E-state index >= 15 is 0 Å². The molecule has 0 unspecified atom stereocenters. The lowest BCUT2D eigenvalue weighted by Crippen LogP contribution is -2.08. The van der Waals surface area contributed by atoms with Gasteiger partial charge in [-0.15, -0.1) is 0 Å². The van der Waals surface area contributed by atoms with Crippen LogP contribution in [0.5, 0.6) is 0 Å². The Morgan fingerprint density at radius 2 is 1.72 bits per heavy atom. The van der Waals surface area contributed by atoms with Gasteiger partial charge in [0.05, 0.1) is 0 Å². The predicted molar refractivity (Wildman–Crippen MR) is 68.6 cm³/mol. The monoisotopic (exact) mass is 242 g/mol. The summed E-state index contributed by atoms with van der Waals surface area (Å²) < 4.78 is 18.9. The summed E-state index contributed by atoms with van der Waals surface area (Å²) in [5.74, 6) is -0.207. The average molecular weight is 242 g/mol. The lowest BCUT2D eigenvalue weighted by molar-refractivity contribution is 0.290. The van der Waals surface area contributed by atoms with E-state index in [1.54, 1.807) is 12.1 Å². The van der Waals surface area contributed by atoms with Gasteiger partial charge in [-0.3, -0.25) is 0 Å². The van der Waals surface area contributed by atoms with E-state index in [2.05, 4.69) is 19.1 Å². The van der Waals surface area contributed by atoms with Gasteiger partial charge >= 0.3 is 0 Å². The van der Waals surface area contributed by atoms with Crippen molar-refractivity contribution in [3.05, 3.63) is 71.5 Å². The average Bonchev–Trinajstić information content (AvgIpc) is 3.17. The first-order chi connectivity index (χ1) is 8.76. The molecule has 1 aliphatic rings. The molecule has 2 heteroatoms. The van der Waals surface area contributed by atoms with E-state index in [-0.39, 0.29) is 17.5 Å².